The van der Waals surface area contributed by atoms with E-state index >= 15 is 0 Å². The Morgan fingerprint density at radius 2 is 1.56 bits per heavy atom. The van der Waals surface area contributed by atoms with Crippen LogP contribution in [0.4, 0.5) is 0 Å². The van der Waals surface area contributed by atoms with Crippen LogP contribution in [0.15, 0.2) is 24.3 Å². The Balaban J connectivity index is 3.02. The van der Waals surface area contributed by atoms with E-state index in [1.165, 1.54) is 30.1 Å². The van der Waals surface area contributed by atoms with Gasteiger partial charge in [0.1, 0.15) is 0 Å². The lowest BCUT2D eigenvalue weighted by atomic mass is 10.4. The molecule has 0 radical (unpaired) electrons. The van der Waals surface area contributed by atoms with Crippen molar-refractivity contribution in [3.8, 4) is 0 Å². The summed E-state index contributed by atoms with van der Waals surface area (Å²) in [6.07, 6.45) is 2.37. The number of hydrogen-bond donors (Lipinski definition) is 0. The third kappa shape index (κ3) is 3.09. The Kier molecular flexibility index (Phi) is 5.53. The van der Waals surface area contributed by atoms with Gasteiger partial charge >= 0.3 is 0 Å². The Morgan fingerprint density at radius 1 is 1.06 bits per heavy atom. The predicted molar refractivity (Wildman–Crippen MR) is 74.0 cm³/mol. The van der Waals surface area contributed by atoms with Crippen molar-refractivity contribution in [1.29, 1.82) is 0 Å². The molecule has 1 rings (SSSR count). The van der Waals surface area contributed by atoms with Gasteiger partial charge in [0.2, 0.25) is 8.32 Å². The van der Waals surface area contributed by atoms with Crippen LogP contribution in [0, 0.1) is 0 Å². The molecule has 0 amide bonds. The molecule has 3 heteroatoms. The molecule has 0 saturated heterocycles. The van der Waals surface area contributed by atoms with Gasteiger partial charge in [-0.15, -0.1) is 0 Å². The Labute approximate surface area is 105 Å². The fourth-order valence-corrected chi connectivity index (χ4v) is 6.28. The Morgan fingerprint density at radius 3 is 1.94 bits per heavy atom. The molecule has 0 saturated carbocycles. The lowest BCUT2D eigenvalue weighted by Gasteiger charge is -2.29. The minimum absolute atomic E-state index is 0.802. The van der Waals surface area contributed by atoms with Crippen molar-refractivity contribution in [3.05, 3.63) is 29.3 Å². The fourth-order valence-electron chi connectivity index (χ4n) is 2.30. The molecule has 1 aromatic carbocycles. The molecule has 0 spiro atoms. The van der Waals surface area contributed by atoms with E-state index in [1.807, 2.05) is 19.2 Å². The third-order valence-electron chi connectivity index (χ3n) is 3.07. The van der Waals surface area contributed by atoms with E-state index in [1.54, 1.807) is 0 Å². The quantitative estimate of drug-likeness (QED) is 0.700. The van der Waals surface area contributed by atoms with Gasteiger partial charge in [0, 0.05) is 12.1 Å². The summed E-state index contributed by atoms with van der Waals surface area (Å²) in [6, 6.07) is 10.6. The van der Waals surface area contributed by atoms with Crippen LogP contribution >= 0.6 is 11.6 Å². The molecule has 90 valence electrons. The van der Waals surface area contributed by atoms with Gasteiger partial charge in [0.25, 0.3) is 0 Å². The first-order valence-corrected chi connectivity index (χ1v) is 8.69. The number of hydrogen-bond acceptors (Lipinski definition) is 1. The Hall–Kier alpha value is -0.313. The van der Waals surface area contributed by atoms with Gasteiger partial charge < -0.3 is 4.43 Å². The summed E-state index contributed by atoms with van der Waals surface area (Å²) < 4.78 is 5.94. The summed E-state index contributed by atoms with van der Waals surface area (Å²) in [5.41, 5.74) is 0. The second-order valence-corrected chi connectivity index (χ2v) is 8.62. The highest BCUT2D eigenvalue weighted by Crippen LogP contribution is 2.21. The summed E-state index contributed by atoms with van der Waals surface area (Å²) in [4.78, 5) is 0. The van der Waals surface area contributed by atoms with Crippen LogP contribution < -0.4 is 5.19 Å². The van der Waals surface area contributed by atoms with E-state index in [2.05, 4.69) is 26.0 Å². The lowest BCUT2D eigenvalue weighted by molar-refractivity contribution is 0.400. The van der Waals surface area contributed by atoms with E-state index in [0.29, 0.717) is 0 Å². The van der Waals surface area contributed by atoms with E-state index < -0.39 is 8.32 Å². The van der Waals surface area contributed by atoms with Crippen LogP contribution in [0.2, 0.25) is 17.1 Å². The molecule has 1 aromatic rings. The Bertz CT molecular complexity index is 304. The molecule has 0 aromatic heterocycles. The highest BCUT2D eigenvalue weighted by molar-refractivity contribution is 6.86. The molecule has 1 nitrogen and oxygen atoms in total. The SMILES string of the molecule is CCC[Si](CCC)(OC)c1ccc(Cl)cc1. The summed E-state index contributed by atoms with van der Waals surface area (Å²) in [7, 11) is 0.140. The summed E-state index contributed by atoms with van der Waals surface area (Å²) in [6.45, 7) is 4.46. The molecule has 0 aliphatic heterocycles. The number of rotatable bonds is 6. The van der Waals surface area contributed by atoms with Crippen LogP contribution in [-0.4, -0.2) is 15.4 Å². The van der Waals surface area contributed by atoms with Crippen molar-refractivity contribution in [2.45, 2.75) is 38.8 Å². The molecule has 0 fully saturated rings. The molecule has 0 aliphatic rings. The van der Waals surface area contributed by atoms with E-state index in [9.17, 15) is 0 Å². The van der Waals surface area contributed by atoms with Crippen LogP contribution in [0.3, 0.4) is 0 Å². The first-order chi connectivity index (χ1) is 7.68. The molecule has 0 heterocycles. The van der Waals surface area contributed by atoms with E-state index in [4.69, 9.17) is 16.0 Å². The predicted octanol–water partition coefficient (Wildman–Crippen LogP) is 3.96. The largest absolute Gasteiger partial charge is 0.415 e. The van der Waals surface area contributed by atoms with Gasteiger partial charge in [-0.3, -0.25) is 0 Å². The zero-order valence-electron chi connectivity index (χ0n) is 10.4. The van der Waals surface area contributed by atoms with Gasteiger partial charge in [-0.1, -0.05) is 50.4 Å². The molecule has 0 unspecified atom stereocenters. The molecular weight excluding hydrogens is 236 g/mol. The molecule has 16 heavy (non-hydrogen) atoms. The summed E-state index contributed by atoms with van der Waals surface area (Å²) in [5, 5.41) is 2.18. The van der Waals surface area contributed by atoms with Gasteiger partial charge in [-0.05, 0) is 29.4 Å². The van der Waals surface area contributed by atoms with E-state index in [-0.39, 0.29) is 0 Å². The highest BCUT2D eigenvalue weighted by atomic mass is 35.5. The lowest BCUT2D eigenvalue weighted by Crippen LogP contribution is -2.49. The van der Waals surface area contributed by atoms with Crippen molar-refractivity contribution in [1.82, 2.24) is 0 Å². The zero-order valence-corrected chi connectivity index (χ0v) is 12.2. The maximum Gasteiger partial charge on any atom is 0.223 e. The van der Waals surface area contributed by atoms with Crippen molar-refractivity contribution in [2.75, 3.05) is 7.11 Å². The van der Waals surface area contributed by atoms with Gasteiger partial charge in [0.05, 0.1) is 0 Å². The van der Waals surface area contributed by atoms with Crippen LogP contribution in [-0.2, 0) is 4.43 Å². The van der Waals surface area contributed by atoms with Crippen molar-refractivity contribution in [3.63, 3.8) is 0 Å². The second kappa shape index (κ2) is 6.43. The van der Waals surface area contributed by atoms with E-state index in [0.717, 1.165) is 5.02 Å². The normalized spacial score (nSPS) is 11.8. The second-order valence-electron chi connectivity index (χ2n) is 4.21. The highest BCUT2D eigenvalue weighted by Gasteiger charge is 2.34. The van der Waals surface area contributed by atoms with Gasteiger partial charge in [0.15, 0.2) is 0 Å². The number of benzene rings is 1. The average molecular weight is 257 g/mol. The summed E-state index contributed by atoms with van der Waals surface area (Å²) >= 11 is 5.93. The van der Waals surface area contributed by atoms with Crippen LogP contribution in [0.1, 0.15) is 26.7 Å². The van der Waals surface area contributed by atoms with Crippen molar-refractivity contribution >= 4 is 25.1 Å². The first kappa shape index (κ1) is 13.8. The monoisotopic (exact) mass is 256 g/mol. The number of halogens is 1. The zero-order chi connectivity index (χ0) is 12.0. The topological polar surface area (TPSA) is 9.23 Å². The van der Waals surface area contributed by atoms with Crippen LogP contribution in [0.25, 0.3) is 0 Å². The molecule has 0 atom stereocenters. The third-order valence-corrected chi connectivity index (χ3v) is 8.10. The summed E-state index contributed by atoms with van der Waals surface area (Å²) in [5.74, 6) is 0. The maximum absolute atomic E-state index is 5.94. The molecule has 0 N–H and O–H groups in total. The smallest absolute Gasteiger partial charge is 0.223 e. The molecule has 0 aliphatic carbocycles. The standard InChI is InChI=1S/C13H21ClOSi/c1-4-10-16(15-3,11-5-2)13-8-6-12(14)7-9-13/h6-9H,4-5,10-11H2,1-3H3. The minimum Gasteiger partial charge on any atom is -0.415 e. The maximum atomic E-state index is 5.94. The minimum atomic E-state index is -1.73. The van der Waals surface area contributed by atoms with Gasteiger partial charge in [-0.2, -0.15) is 0 Å². The first-order valence-electron chi connectivity index (χ1n) is 5.99. The van der Waals surface area contributed by atoms with Gasteiger partial charge in [-0.25, -0.2) is 0 Å². The van der Waals surface area contributed by atoms with Crippen molar-refractivity contribution < 1.29 is 4.43 Å². The molecule has 0 bridgehead atoms. The average Bonchev–Trinajstić information content (AvgIpc) is 2.29. The van der Waals surface area contributed by atoms with Crippen molar-refractivity contribution in [2.24, 2.45) is 0 Å². The van der Waals surface area contributed by atoms with Crippen LogP contribution in [0.5, 0.6) is 0 Å². The fraction of sp³-hybridized carbons (Fsp3) is 0.538. The molecular formula is C13H21ClOSi.